The third-order valence-electron chi connectivity index (χ3n) is 2.63. The Balaban J connectivity index is 4.12. The van der Waals surface area contributed by atoms with Gasteiger partial charge in [0, 0.05) is 6.42 Å². The SMILES string of the molecule is CCCCCC(=O)OC(CCCC)C(=O)OCC. The number of carbonyl (C=O) groups excluding carboxylic acids is 2. The largest absolute Gasteiger partial charge is 0.463 e. The molecule has 0 radical (unpaired) electrons. The quantitative estimate of drug-likeness (QED) is 0.446. The fourth-order valence-electron chi connectivity index (χ4n) is 1.59. The number of carbonyl (C=O) groups is 2. The van der Waals surface area contributed by atoms with Crippen LogP contribution in [0.4, 0.5) is 0 Å². The maximum atomic E-state index is 11.6. The lowest BCUT2D eigenvalue weighted by atomic mass is 10.1. The standard InChI is InChI=1S/C14H26O4/c1-4-7-9-11-13(15)18-12(10-8-5-2)14(16)17-6-3/h12H,4-11H2,1-3H3. The van der Waals surface area contributed by atoms with Crippen molar-refractivity contribution >= 4 is 11.9 Å². The molecule has 1 unspecified atom stereocenters. The summed E-state index contributed by atoms with van der Waals surface area (Å²) in [5.74, 6) is -0.715. The summed E-state index contributed by atoms with van der Waals surface area (Å²) in [6.45, 7) is 6.17. The summed E-state index contributed by atoms with van der Waals surface area (Å²) in [5.41, 5.74) is 0. The summed E-state index contributed by atoms with van der Waals surface area (Å²) in [4.78, 5) is 23.2. The molecule has 0 aromatic heterocycles. The van der Waals surface area contributed by atoms with Gasteiger partial charge in [-0.3, -0.25) is 4.79 Å². The van der Waals surface area contributed by atoms with Gasteiger partial charge in [0.1, 0.15) is 0 Å². The summed E-state index contributed by atoms with van der Waals surface area (Å²) < 4.78 is 10.1. The number of unbranched alkanes of at least 4 members (excludes halogenated alkanes) is 3. The molecule has 0 fully saturated rings. The highest BCUT2D eigenvalue weighted by molar-refractivity contribution is 5.79. The maximum Gasteiger partial charge on any atom is 0.347 e. The average molecular weight is 258 g/mol. The predicted molar refractivity (Wildman–Crippen MR) is 70.2 cm³/mol. The molecule has 4 nitrogen and oxygen atoms in total. The number of ether oxygens (including phenoxy) is 2. The average Bonchev–Trinajstić information content (AvgIpc) is 2.35. The third-order valence-corrected chi connectivity index (χ3v) is 2.63. The van der Waals surface area contributed by atoms with Crippen molar-refractivity contribution < 1.29 is 19.1 Å². The number of esters is 2. The monoisotopic (exact) mass is 258 g/mol. The van der Waals surface area contributed by atoms with Crippen molar-refractivity contribution in [3.63, 3.8) is 0 Å². The molecule has 0 N–H and O–H groups in total. The second kappa shape index (κ2) is 11.1. The van der Waals surface area contributed by atoms with Gasteiger partial charge in [0.05, 0.1) is 6.61 Å². The molecule has 0 spiro atoms. The van der Waals surface area contributed by atoms with E-state index in [4.69, 9.17) is 9.47 Å². The highest BCUT2D eigenvalue weighted by Crippen LogP contribution is 2.10. The van der Waals surface area contributed by atoms with E-state index in [9.17, 15) is 9.59 Å². The maximum absolute atomic E-state index is 11.6. The van der Waals surface area contributed by atoms with Crippen molar-refractivity contribution in [1.29, 1.82) is 0 Å². The Labute approximate surface area is 110 Å². The Morgan fingerprint density at radius 2 is 1.67 bits per heavy atom. The first-order valence-electron chi connectivity index (χ1n) is 7.01. The van der Waals surface area contributed by atoms with Crippen molar-refractivity contribution in [3.8, 4) is 0 Å². The fraction of sp³-hybridized carbons (Fsp3) is 0.857. The van der Waals surface area contributed by atoms with Crippen LogP contribution < -0.4 is 0 Å². The van der Waals surface area contributed by atoms with Crippen LogP contribution in [0.1, 0.15) is 65.7 Å². The topological polar surface area (TPSA) is 52.6 Å². The molecule has 18 heavy (non-hydrogen) atoms. The zero-order valence-electron chi connectivity index (χ0n) is 11.9. The molecule has 0 aliphatic heterocycles. The molecular formula is C14H26O4. The fourth-order valence-corrected chi connectivity index (χ4v) is 1.59. The molecular weight excluding hydrogens is 232 g/mol. The highest BCUT2D eigenvalue weighted by Gasteiger charge is 2.23. The Hall–Kier alpha value is -1.06. The summed E-state index contributed by atoms with van der Waals surface area (Å²) in [5, 5.41) is 0. The van der Waals surface area contributed by atoms with Gasteiger partial charge in [0.2, 0.25) is 0 Å². The molecule has 0 aliphatic carbocycles. The van der Waals surface area contributed by atoms with E-state index >= 15 is 0 Å². The van der Waals surface area contributed by atoms with Gasteiger partial charge in [0.15, 0.2) is 6.10 Å². The van der Waals surface area contributed by atoms with E-state index in [2.05, 4.69) is 6.92 Å². The Morgan fingerprint density at radius 3 is 2.22 bits per heavy atom. The lowest BCUT2D eigenvalue weighted by Gasteiger charge is -2.16. The van der Waals surface area contributed by atoms with Crippen LogP contribution in [0.2, 0.25) is 0 Å². The molecule has 0 saturated heterocycles. The van der Waals surface area contributed by atoms with Gasteiger partial charge >= 0.3 is 11.9 Å². The van der Waals surface area contributed by atoms with Crippen molar-refractivity contribution in [1.82, 2.24) is 0 Å². The molecule has 0 amide bonds. The minimum absolute atomic E-state index is 0.294. The molecule has 0 aromatic carbocycles. The van der Waals surface area contributed by atoms with Crippen LogP contribution in [0.15, 0.2) is 0 Å². The number of hydrogen-bond acceptors (Lipinski definition) is 4. The Bertz CT molecular complexity index is 238. The van der Waals surface area contributed by atoms with Crippen molar-refractivity contribution in [2.75, 3.05) is 6.61 Å². The van der Waals surface area contributed by atoms with Crippen LogP contribution in [-0.2, 0) is 19.1 Å². The van der Waals surface area contributed by atoms with Gasteiger partial charge in [-0.2, -0.15) is 0 Å². The van der Waals surface area contributed by atoms with E-state index in [0.29, 0.717) is 19.4 Å². The Morgan fingerprint density at radius 1 is 1.00 bits per heavy atom. The summed E-state index contributed by atoms with van der Waals surface area (Å²) in [6.07, 6.45) is 4.91. The second-order valence-electron chi connectivity index (χ2n) is 4.33. The molecule has 1 atom stereocenters. The van der Waals surface area contributed by atoms with Gasteiger partial charge in [-0.05, 0) is 26.2 Å². The molecule has 0 rings (SSSR count). The van der Waals surface area contributed by atoms with Gasteiger partial charge in [-0.1, -0.05) is 33.1 Å². The van der Waals surface area contributed by atoms with E-state index in [1.165, 1.54) is 0 Å². The number of hydrogen-bond donors (Lipinski definition) is 0. The molecule has 0 saturated carbocycles. The number of rotatable bonds is 10. The summed E-state index contributed by atoms with van der Waals surface area (Å²) >= 11 is 0. The second-order valence-corrected chi connectivity index (χ2v) is 4.33. The van der Waals surface area contributed by atoms with Gasteiger partial charge in [-0.25, -0.2) is 4.79 Å². The van der Waals surface area contributed by atoms with E-state index in [0.717, 1.165) is 32.1 Å². The Kier molecular flexibility index (Phi) is 10.4. The lowest BCUT2D eigenvalue weighted by molar-refractivity contribution is -0.168. The van der Waals surface area contributed by atoms with Gasteiger partial charge in [0.25, 0.3) is 0 Å². The first kappa shape index (κ1) is 16.9. The normalized spacial score (nSPS) is 11.9. The molecule has 0 aliphatic rings. The zero-order chi connectivity index (χ0) is 13.8. The summed E-state index contributed by atoms with van der Waals surface area (Å²) in [6, 6.07) is 0. The van der Waals surface area contributed by atoms with Gasteiger partial charge in [-0.15, -0.1) is 0 Å². The van der Waals surface area contributed by atoms with Crippen LogP contribution >= 0.6 is 0 Å². The molecule has 0 heterocycles. The lowest BCUT2D eigenvalue weighted by Crippen LogP contribution is -2.29. The molecule has 4 heteroatoms. The van der Waals surface area contributed by atoms with Crippen LogP contribution in [0.5, 0.6) is 0 Å². The molecule has 0 aromatic rings. The van der Waals surface area contributed by atoms with Crippen LogP contribution in [0.3, 0.4) is 0 Å². The van der Waals surface area contributed by atoms with E-state index in [1.54, 1.807) is 6.92 Å². The van der Waals surface area contributed by atoms with Gasteiger partial charge < -0.3 is 9.47 Å². The van der Waals surface area contributed by atoms with E-state index in [-0.39, 0.29) is 5.97 Å². The predicted octanol–water partition coefficient (Wildman–Crippen LogP) is 3.23. The van der Waals surface area contributed by atoms with Crippen molar-refractivity contribution in [2.45, 2.75) is 71.8 Å². The molecule has 106 valence electrons. The van der Waals surface area contributed by atoms with Crippen LogP contribution in [0, 0.1) is 0 Å². The van der Waals surface area contributed by atoms with Crippen molar-refractivity contribution in [2.24, 2.45) is 0 Å². The molecule has 0 bridgehead atoms. The first-order valence-corrected chi connectivity index (χ1v) is 7.01. The highest BCUT2D eigenvalue weighted by atomic mass is 16.6. The zero-order valence-corrected chi connectivity index (χ0v) is 11.9. The minimum atomic E-state index is -0.723. The van der Waals surface area contributed by atoms with Crippen molar-refractivity contribution in [3.05, 3.63) is 0 Å². The van der Waals surface area contributed by atoms with E-state index < -0.39 is 12.1 Å². The smallest absolute Gasteiger partial charge is 0.347 e. The van der Waals surface area contributed by atoms with Crippen LogP contribution in [-0.4, -0.2) is 24.6 Å². The van der Waals surface area contributed by atoms with E-state index in [1.807, 2.05) is 6.92 Å². The van der Waals surface area contributed by atoms with Crippen LogP contribution in [0.25, 0.3) is 0 Å². The summed E-state index contributed by atoms with van der Waals surface area (Å²) in [7, 11) is 0. The first-order chi connectivity index (χ1) is 8.65. The minimum Gasteiger partial charge on any atom is -0.463 e. The third kappa shape index (κ3) is 8.09.